The molecule has 1 atom stereocenters. The van der Waals surface area contributed by atoms with Gasteiger partial charge in [0.05, 0.1) is 19.1 Å². The molecule has 1 N–H and O–H groups in total. The first-order valence-electron chi connectivity index (χ1n) is 6.24. The van der Waals surface area contributed by atoms with Gasteiger partial charge < -0.3 is 19.3 Å². The van der Waals surface area contributed by atoms with Gasteiger partial charge in [-0.1, -0.05) is 0 Å². The molecule has 2 rings (SSSR count). The molecule has 6 heteroatoms. The fourth-order valence-corrected chi connectivity index (χ4v) is 2.21. The summed E-state index contributed by atoms with van der Waals surface area (Å²) in [7, 11) is 1.84. The molecule has 0 bridgehead atoms. The Morgan fingerprint density at radius 3 is 2.79 bits per heavy atom. The molecule has 0 unspecified atom stereocenters. The minimum Gasteiger partial charge on any atom is -0.481 e. The minimum absolute atomic E-state index is 0.0735. The van der Waals surface area contributed by atoms with Gasteiger partial charge in [-0.3, -0.25) is 9.59 Å². The average Bonchev–Trinajstić information content (AvgIpc) is 2.69. The van der Waals surface area contributed by atoms with Crippen molar-refractivity contribution in [3.63, 3.8) is 0 Å². The van der Waals surface area contributed by atoms with Gasteiger partial charge in [-0.25, -0.2) is 0 Å². The Hall–Kier alpha value is -1.82. The van der Waals surface area contributed by atoms with Crippen LogP contribution in [0.5, 0.6) is 0 Å². The largest absolute Gasteiger partial charge is 0.481 e. The van der Waals surface area contributed by atoms with Gasteiger partial charge in [-0.05, 0) is 19.1 Å². The Labute approximate surface area is 111 Å². The Bertz CT molecular complexity index is 495. The first-order valence-corrected chi connectivity index (χ1v) is 6.24. The maximum Gasteiger partial charge on any atom is 0.306 e. The van der Waals surface area contributed by atoms with Crippen molar-refractivity contribution in [2.75, 3.05) is 19.7 Å². The van der Waals surface area contributed by atoms with Crippen LogP contribution in [0.3, 0.4) is 0 Å². The number of ether oxygens (including phenoxy) is 1. The summed E-state index contributed by atoms with van der Waals surface area (Å²) in [4.78, 5) is 24.7. The number of amides is 1. The van der Waals surface area contributed by atoms with E-state index >= 15 is 0 Å². The maximum absolute atomic E-state index is 12.4. The number of carboxylic acid groups (broad SMARTS) is 1. The number of carbonyl (C=O) groups is 2. The van der Waals surface area contributed by atoms with Crippen LogP contribution in [0.15, 0.2) is 12.1 Å². The zero-order valence-corrected chi connectivity index (χ0v) is 11.1. The van der Waals surface area contributed by atoms with Crippen LogP contribution in [0.2, 0.25) is 0 Å². The zero-order chi connectivity index (χ0) is 14.0. The topological polar surface area (TPSA) is 71.8 Å². The molecule has 0 radical (unpaired) electrons. The molecule has 0 aliphatic carbocycles. The molecular weight excluding hydrogens is 248 g/mol. The molecule has 1 aliphatic rings. The average molecular weight is 266 g/mol. The molecule has 1 aromatic rings. The Balaban J connectivity index is 2.07. The molecule has 19 heavy (non-hydrogen) atoms. The van der Waals surface area contributed by atoms with Crippen LogP contribution in [0.1, 0.15) is 22.6 Å². The fraction of sp³-hybridized carbons (Fsp3) is 0.538. The summed E-state index contributed by atoms with van der Waals surface area (Å²) in [6.07, 6.45) is -0.493. The molecule has 1 saturated heterocycles. The maximum atomic E-state index is 12.4. The van der Waals surface area contributed by atoms with Crippen molar-refractivity contribution in [3.8, 4) is 0 Å². The summed E-state index contributed by atoms with van der Waals surface area (Å²) >= 11 is 0. The highest BCUT2D eigenvalue weighted by atomic mass is 16.5. The first-order chi connectivity index (χ1) is 8.99. The van der Waals surface area contributed by atoms with E-state index in [4.69, 9.17) is 9.84 Å². The zero-order valence-electron chi connectivity index (χ0n) is 11.1. The van der Waals surface area contributed by atoms with Crippen molar-refractivity contribution >= 4 is 11.9 Å². The third-order valence-corrected chi connectivity index (χ3v) is 3.42. The number of morpholine rings is 1. The van der Waals surface area contributed by atoms with E-state index in [2.05, 4.69) is 0 Å². The van der Waals surface area contributed by atoms with Crippen molar-refractivity contribution in [2.24, 2.45) is 7.05 Å². The highest BCUT2D eigenvalue weighted by Crippen LogP contribution is 2.14. The summed E-state index contributed by atoms with van der Waals surface area (Å²) in [5.41, 5.74) is 1.63. The number of aliphatic carboxylic acids is 1. The van der Waals surface area contributed by atoms with Crippen molar-refractivity contribution in [3.05, 3.63) is 23.5 Å². The van der Waals surface area contributed by atoms with Crippen molar-refractivity contribution < 1.29 is 19.4 Å². The number of carboxylic acids is 1. The second-order valence-electron chi connectivity index (χ2n) is 4.76. The highest BCUT2D eigenvalue weighted by Gasteiger charge is 2.27. The molecule has 6 nitrogen and oxygen atoms in total. The highest BCUT2D eigenvalue weighted by molar-refractivity contribution is 5.93. The van der Waals surface area contributed by atoms with Gasteiger partial charge in [-0.2, -0.15) is 0 Å². The number of hydrogen-bond acceptors (Lipinski definition) is 3. The van der Waals surface area contributed by atoms with Gasteiger partial charge in [0.2, 0.25) is 0 Å². The number of nitrogens with zero attached hydrogens (tertiary/aromatic N) is 2. The number of rotatable bonds is 3. The van der Waals surface area contributed by atoms with Gasteiger partial charge in [0.1, 0.15) is 5.69 Å². The summed E-state index contributed by atoms with van der Waals surface area (Å²) in [6, 6.07) is 3.68. The molecule has 104 valence electrons. The molecule has 0 spiro atoms. The lowest BCUT2D eigenvalue weighted by molar-refractivity contribution is -0.141. The summed E-state index contributed by atoms with van der Waals surface area (Å²) in [6.45, 7) is 3.14. The quantitative estimate of drug-likeness (QED) is 0.872. The number of hydrogen-bond donors (Lipinski definition) is 1. The van der Waals surface area contributed by atoms with E-state index < -0.39 is 12.1 Å². The van der Waals surface area contributed by atoms with Gasteiger partial charge in [-0.15, -0.1) is 0 Å². The van der Waals surface area contributed by atoms with Crippen LogP contribution in [0, 0.1) is 6.92 Å². The van der Waals surface area contributed by atoms with E-state index in [0.717, 1.165) is 5.69 Å². The second-order valence-corrected chi connectivity index (χ2v) is 4.76. The second kappa shape index (κ2) is 5.44. The Morgan fingerprint density at radius 1 is 1.47 bits per heavy atom. The van der Waals surface area contributed by atoms with Crippen LogP contribution >= 0.6 is 0 Å². The first kappa shape index (κ1) is 13.6. The van der Waals surface area contributed by atoms with Gasteiger partial charge in [0, 0.05) is 25.8 Å². The van der Waals surface area contributed by atoms with Gasteiger partial charge in [0.25, 0.3) is 5.91 Å². The van der Waals surface area contributed by atoms with Crippen molar-refractivity contribution in [2.45, 2.75) is 19.4 Å². The van der Waals surface area contributed by atoms with E-state index in [9.17, 15) is 9.59 Å². The molecule has 0 saturated carbocycles. The monoisotopic (exact) mass is 266 g/mol. The van der Waals surface area contributed by atoms with E-state index in [1.807, 2.05) is 24.6 Å². The molecule has 0 aromatic carbocycles. The number of carbonyl (C=O) groups excluding carboxylic acids is 1. The summed E-state index contributed by atoms with van der Waals surface area (Å²) in [5.74, 6) is -0.983. The molecule has 2 heterocycles. The molecular formula is C13H18N2O4. The predicted octanol–water partition coefficient (Wildman–Crippen LogP) is 0.649. The fourth-order valence-electron chi connectivity index (χ4n) is 2.21. The van der Waals surface area contributed by atoms with Gasteiger partial charge in [0.15, 0.2) is 0 Å². The molecule has 1 aromatic heterocycles. The van der Waals surface area contributed by atoms with Crippen LogP contribution in [0.4, 0.5) is 0 Å². The van der Waals surface area contributed by atoms with Crippen LogP contribution < -0.4 is 0 Å². The van der Waals surface area contributed by atoms with Crippen molar-refractivity contribution in [1.29, 1.82) is 0 Å². The summed E-state index contributed by atoms with van der Waals surface area (Å²) < 4.78 is 7.20. The van der Waals surface area contributed by atoms with Crippen LogP contribution in [0.25, 0.3) is 0 Å². The normalized spacial score (nSPS) is 19.5. The molecule has 1 aliphatic heterocycles. The van der Waals surface area contributed by atoms with E-state index in [-0.39, 0.29) is 12.3 Å². The molecule has 1 amide bonds. The van der Waals surface area contributed by atoms with E-state index in [0.29, 0.717) is 25.4 Å². The smallest absolute Gasteiger partial charge is 0.306 e. The number of aryl methyl sites for hydroxylation is 1. The minimum atomic E-state index is -0.908. The van der Waals surface area contributed by atoms with Crippen LogP contribution in [-0.2, 0) is 16.6 Å². The Kier molecular flexibility index (Phi) is 3.90. The van der Waals surface area contributed by atoms with E-state index in [1.165, 1.54) is 0 Å². The van der Waals surface area contributed by atoms with E-state index in [1.54, 1.807) is 11.0 Å². The lowest BCUT2D eigenvalue weighted by Gasteiger charge is -2.32. The molecule has 1 fully saturated rings. The predicted molar refractivity (Wildman–Crippen MR) is 68.0 cm³/mol. The number of aromatic nitrogens is 1. The van der Waals surface area contributed by atoms with Gasteiger partial charge >= 0.3 is 5.97 Å². The Morgan fingerprint density at radius 2 is 2.21 bits per heavy atom. The van der Waals surface area contributed by atoms with Crippen molar-refractivity contribution in [1.82, 2.24) is 9.47 Å². The standard InChI is InChI=1S/C13H18N2O4/c1-9-3-4-11(14(9)2)13(18)15-5-6-19-10(8-15)7-12(16)17/h3-4,10H,5-8H2,1-2H3,(H,16,17)/t10-/m0/s1. The third-order valence-electron chi connectivity index (χ3n) is 3.42. The lowest BCUT2D eigenvalue weighted by Crippen LogP contribution is -2.46. The lowest BCUT2D eigenvalue weighted by atomic mass is 10.2. The SMILES string of the molecule is Cc1ccc(C(=O)N2CCO[C@@H](CC(=O)O)C2)n1C. The third kappa shape index (κ3) is 2.96. The van der Waals surface area contributed by atoms with Crippen LogP contribution in [-0.4, -0.2) is 52.3 Å². The summed E-state index contributed by atoms with van der Waals surface area (Å²) in [5, 5.41) is 8.77.